The van der Waals surface area contributed by atoms with Gasteiger partial charge >= 0.3 is 6.18 Å². The number of nitrogens with one attached hydrogen (secondary N) is 1. The van der Waals surface area contributed by atoms with Crippen molar-refractivity contribution < 1.29 is 17.9 Å². The molecular weight excluding hydrogens is 279 g/mol. The maximum absolute atomic E-state index is 11.9. The SMILES string of the molecule is CC(CCl)(NCCOCC(F)(F)F)c1ccccc1. The van der Waals surface area contributed by atoms with E-state index in [1.165, 1.54) is 0 Å². The van der Waals surface area contributed by atoms with Gasteiger partial charge in [-0.15, -0.1) is 11.6 Å². The van der Waals surface area contributed by atoms with E-state index in [4.69, 9.17) is 11.6 Å². The minimum atomic E-state index is -4.28. The molecule has 2 nitrogen and oxygen atoms in total. The van der Waals surface area contributed by atoms with Crippen molar-refractivity contribution >= 4 is 11.6 Å². The van der Waals surface area contributed by atoms with E-state index >= 15 is 0 Å². The molecule has 1 aromatic rings. The molecule has 0 aliphatic carbocycles. The van der Waals surface area contributed by atoms with Crippen molar-refractivity contribution in [2.75, 3.05) is 25.6 Å². The predicted molar refractivity (Wildman–Crippen MR) is 69.4 cm³/mol. The molecule has 0 spiro atoms. The number of rotatable bonds is 7. The fourth-order valence-electron chi connectivity index (χ4n) is 1.62. The van der Waals surface area contributed by atoms with Crippen LogP contribution in [0.15, 0.2) is 30.3 Å². The first kappa shape index (κ1) is 16.3. The Labute approximate surface area is 115 Å². The molecule has 6 heteroatoms. The van der Waals surface area contributed by atoms with Crippen LogP contribution in [0.2, 0.25) is 0 Å². The minimum Gasteiger partial charge on any atom is -0.371 e. The zero-order valence-electron chi connectivity index (χ0n) is 10.6. The molecule has 1 aromatic carbocycles. The van der Waals surface area contributed by atoms with Crippen LogP contribution in [0, 0.1) is 0 Å². The smallest absolute Gasteiger partial charge is 0.371 e. The van der Waals surface area contributed by atoms with Gasteiger partial charge in [-0.1, -0.05) is 30.3 Å². The topological polar surface area (TPSA) is 21.3 Å². The van der Waals surface area contributed by atoms with Crippen molar-refractivity contribution in [2.45, 2.75) is 18.6 Å². The molecule has 0 radical (unpaired) electrons. The zero-order valence-corrected chi connectivity index (χ0v) is 11.4. The average Bonchev–Trinajstić information content (AvgIpc) is 2.38. The Morgan fingerprint density at radius 3 is 2.37 bits per heavy atom. The highest BCUT2D eigenvalue weighted by Crippen LogP contribution is 2.21. The lowest BCUT2D eigenvalue weighted by molar-refractivity contribution is -0.173. The van der Waals surface area contributed by atoms with Crippen molar-refractivity contribution in [3.63, 3.8) is 0 Å². The van der Waals surface area contributed by atoms with E-state index in [0.717, 1.165) is 5.56 Å². The molecule has 0 aromatic heterocycles. The average molecular weight is 296 g/mol. The Kier molecular flexibility index (Phi) is 6.10. The highest BCUT2D eigenvalue weighted by atomic mass is 35.5. The number of benzene rings is 1. The second kappa shape index (κ2) is 7.12. The molecule has 0 saturated carbocycles. The van der Waals surface area contributed by atoms with Gasteiger partial charge in [-0.2, -0.15) is 13.2 Å². The van der Waals surface area contributed by atoms with Crippen LogP contribution in [0.1, 0.15) is 12.5 Å². The van der Waals surface area contributed by atoms with E-state index in [1.807, 2.05) is 37.3 Å². The van der Waals surface area contributed by atoms with Gasteiger partial charge in [0.2, 0.25) is 0 Å². The van der Waals surface area contributed by atoms with Crippen LogP contribution in [0.5, 0.6) is 0 Å². The molecule has 0 fully saturated rings. The summed E-state index contributed by atoms with van der Waals surface area (Å²) in [6, 6.07) is 9.52. The normalized spacial score (nSPS) is 15.2. The highest BCUT2D eigenvalue weighted by Gasteiger charge is 2.28. The molecule has 0 aliphatic heterocycles. The van der Waals surface area contributed by atoms with E-state index in [2.05, 4.69) is 10.1 Å². The van der Waals surface area contributed by atoms with Gasteiger partial charge in [0, 0.05) is 12.4 Å². The molecule has 0 amide bonds. The number of hydrogen-bond donors (Lipinski definition) is 1. The summed E-state index contributed by atoms with van der Waals surface area (Å²) in [5.74, 6) is 0.316. The van der Waals surface area contributed by atoms with Crippen molar-refractivity contribution in [1.82, 2.24) is 5.32 Å². The molecular formula is C13H17ClF3NO. The second-order valence-electron chi connectivity index (χ2n) is 4.43. The summed E-state index contributed by atoms with van der Waals surface area (Å²) in [5.41, 5.74) is 0.505. The summed E-state index contributed by atoms with van der Waals surface area (Å²) in [4.78, 5) is 0. The van der Waals surface area contributed by atoms with Crippen LogP contribution in [0.3, 0.4) is 0 Å². The molecule has 1 atom stereocenters. The Morgan fingerprint density at radius 2 is 1.84 bits per heavy atom. The Balaban J connectivity index is 2.41. The van der Waals surface area contributed by atoms with Crippen LogP contribution in [-0.4, -0.2) is 31.8 Å². The van der Waals surface area contributed by atoms with Crippen LogP contribution in [0.25, 0.3) is 0 Å². The maximum Gasteiger partial charge on any atom is 0.411 e. The van der Waals surface area contributed by atoms with E-state index in [9.17, 15) is 13.2 Å². The van der Waals surface area contributed by atoms with Gasteiger partial charge in [-0.3, -0.25) is 0 Å². The molecule has 1 rings (SSSR count). The van der Waals surface area contributed by atoms with E-state index in [0.29, 0.717) is 12.4 Å². The first-order valence-corrected chi connectivity index (χ1v) is 6.42. The molecule has 108 valence electrons. The fourth-order valence-corrected chi connectivity index (χ4v) is 1.87. The van der Waals surface area contributed by atoms with Crippen molar-refractivity contribution in [3.05, 3.63) is 35.9 Å². The molecule has 1 unspecified atom stereocenters. The van der Waals surface area contributed by atoms with Gasteiger partial charge in [0.1, 0.15) is 6.61 Å². The zero-order chi connectivity index (χ0) is 14.4. The van der Waals surface area contributed by atoms with Crippen LogP contribution in [-0.2, 0) is 10.3 Å². The molecule has 1 N–H and O–H groups in total. The summed E-state index contributed by atoms with van der Waals surface area (Å²) in [6.07, 6.45) is -4.28. The van der Waals surface area contributed by atoms with Crippen molar-refractivity contribution in [3.8, 4) is 0 Å². The third-order valence-electron chi connectivity index (χ3n) is 2.71. The van der Waals surface area contributed by atoms with Gasteiger partial charge in [0.15, 0.2) is 0 Å². The Bertz CT molecular complexity index is 372. The van der Waals surface area contributed by atoms with Crippen LogP contribution in [0.4, 0.5) is 13.2 Å². The minimum absolute atomic E-state index is 0.0151. The number of alkyl halides is 4. The third kappa shape index (κ3) is 5.80. The second-order valence-corrected chi connectivity index (χ2v) is 4.69. The lowest BCUT2D eigenvalue weighted by atomic mass is 9.94. The van der Waals surface area contributed by atoms with Crippen molar-refractivity contribution in [2.24, 2.45) is 0 Å². The lowest BCUT2D eigenvalue weighted by Gasteiger charge is -2.29. The summed E-state index contributed by atoms with van der Waals surface area (Å²) in [5, 5.41) is 3.12. The van der Waals surface area contributed by atoms with Gasteiger partial charge < -0.3 is 10.1 Å². The third-order valence-corrected chi connectivity index (χ3v) is 3.24. The number of halogens is 4. The molecule has 0 saturated heterocycles. The first-order valence-electron chi connectivity index (χ1n) is 5.88. The molecule has 0 heterocycles. The van der Waals surface area contributed by atoms with E-state index in [1.54, 1.807) is 0 Å². The van der Waals surface area contributed by atoms with Crippen LogP contribution >= 0.6 is 11.6 Å². The van der Waals surface area contributed by atoms with Crippen LogP contribution < -0.4 is 5.32 Å². The quantitative estimate of drug-likeness (QED) is 0.615. The first-order chi connectivity index (χ1) is 8.87. The number of hydrogen-bond acceptors (Lipinski definition) is 2. The highest BCUT2D eigenvalue weighted by molar-refractivity contribution is 6.18. The maximum atomic E-state index is 11.9. The molecule has 0 bridgehead atoms. The van der Waals surface area contributed by atoms with Gasteiger partial charge in [0.25, 0.3) is 0 Å². The summed E-state index contributed by atoms with van der Waals surface area (Å²) in [6.45, 7) is 0.962. The van der Waals surface area contributed by atoms with Gasteiger partial charge in [-0.05, 0) is 12.5 Å². The van der Waals surface area contributed by atoms with E-state index < -0.39 is 18.3 Å². The fraction of sp³-hybridized carbons (Fsp3) is 0.538. The Morgan fingerprint density at radius 1 is 1.21 bits per heavy atom. The number of ether oxygens (including phenoxy) is 1. The monoisotopic (exact) mass is 295 g/mol. The lowest BCUT2D eigenvalue weighted by Crippen LogP contribution is -2.43. The molecule has 19 heavy (non-hydrogen) atoms. The largest absolute Gasteiger partial charge is 0.411 e. The summed E-state index contributed by atoms with van der Waals surface area (Å²) < 4.78 is 40.2. The summed E-state index contributed by atoms with van der Waals surface area (Å²) >= 11 is 5.95. The predicted octanol–water partition coefficient (Wildman–Crippen LogP) is 3.31. The van der Waals surface area contributed by atoms with E-state index in [-0.39, 0.29) is 6.61 Å². The summed E-state index contributed by atoms with van der Waals surface area (Å²) in [7, 11) is 0. The van der Waals surface area contributed by atoms with Gasteiger partial charge in [-0.25, -0.2) is 0 Å². The van der Waals surface area contributed by atoms with Crippen molar-refractivity contribution in [1.29, 1.82) is 0 Å². The molecule has 0 aliphatic rings. The van der Waals surface area contributed by atoms with Gasteiger partial charge in [0.05, 0.1) is 12.1 Å². The standard InChI is InChI=1S/C13H17ClF3NO/c1-12(9-14,11-5-3-2-4-6-11)18-7-8-19-10-13(15,16)17/h2-6,18H,7-10H2,1H3. The Hall–Kier alpha value is -0.780.